The molecule has 1 atom stereocenters. The summed E-state index contributed by atoms with van der Waals surface area (Å²) in [6.07, 6.45) is 2.45. The van der Waals surface area contributed by atoms with Crippen LogP contribution < -0.4 is 10.1 Å². The Bertz CT molecular complexity index is 549. The molecule has 2 rings (SSSR count). The summed E-state index contributed by atoms with van der Waals surface area (Å²) in [6, 6.07) is 7.86. The minimum Gasteiger partial charge on any atom is -0.490 e. The molecule has 0 aliphatic rings. The summed E-state index contributed by atoms with van der Waals surface area (Å²) in [5.74, 6) is 2.02. The first-order chi connectivity index (χ1) is 9.72. The van der Waals surface area contributed by atoms with Crippen LogP contribution in [-0.2, 0) is 6.42 Å². The van der Waals surface area contributed by atoms with Crippen LogP contribution in [0.2, 0.25) is 0 Å². The van der Waals surface area contributed by atoms with Crippen molar-refractivity contribution in [2.24, 2.45) is 0 Å². The van der Waals surface area contributed by atoms with Crippen LogP contribution in [0.4, 0.5) is 0 Å². The predicted molar refractivity (Wildman–Crippen MR) is 77.7 cm³/mol. The van der Waals surface area contributed by atoms with E-state index in [0.717, 1.165) is 17.7 Å². The second kappa shape index (κ2) is 6.86. The number of rotatable bonds is 7. The molecule has 1 heterocycles. The van der Waals surface area contributed by atoms with Gasteiger partial charge in [-0.2, -0.15) is 4.98 Å². The molecule has 0 saturated carbocycles. The lowest BCUT2D eigenvalue weighted by atomic mass is 10.2. The third-order valence-corrected chi connectivity index (χ3v) is 2.92. The molecule has 1 aromatic carbocycles. The van der Waals surface area contributed by atoms with Gasteiger partial charge in [0.25, 0.3) is 5.89 Å². The van der Waals surface area contributed by atoms with Crippen molar-refractivity contribution in [1.29, 1.82) is 0 Å². The fraction of sp³-hybridized carbons (Fsp3) is 0.333. The molecule has 0 aliphatic carbocycles. The number of nitrogens with one attached hydrogen (secondary N) is 1. The van der Waals surface area contributed by atoms with Crippen LogP contribution in [-0.4, -0.2) is 29.8 Å². The van der Waals surface area contributed by atoms with E-state index in [1.54, 1.807) is 6.08 Å². The average molecular weight is 273 g/mol. The molecule has 1 N–H and O–H groups in total. The lowest BCUT2D eigenvalue weighted by molar-refractivity contribution is 0.363. The molecule has 0 radical (unpaired) electrons. The van der Waals surface area contributed by atoms with Gasteiger partial charge in [0.2, 0.25) is 0 Å². The summed E-state index contributed by atoms with van der Waals surface area (Å²) in [4.78, 5) is 4.39. The number of benzene rings is 1. The van der Waals surface area contributed by atoms with Gasteiger partial charge >= 0.3 is 0 Å². The van der Waals surface area contributed by atoms with Crippen molar-refractivity contribution in [3.8, 4) is 17.2 Å². The Hall–Kier alpha value is -2.14. The molecule has 0 amide bonds. The summed E-state index contributed by atoms with van der Waals surface area (Å²) in [5, 5.41) is 7.13. The van der Waals surface area contributed by atoms with E-state index in [-0.39, 0.29) is 0 Å². The van der Waals surface area contributed by atoms with Crippen molar-refractivity contribution in [3.63, 3.8) is 0 Å². The normalized spacial score (nSPS) is 12.1. The van der Waals surface area contributed by atoms with Gasteiger partial charge in [-0.1, -0.05) is 17.8 Å². The Morgan fingerprint density at radius 1 is 1.40 bits per heavy atom. The monoisotopic (exact) mass is 273 g/mol. The third-order valence-electron chi connectivity index (χ3n) is 2.92. The molecule has 0 bridgehead atoms. The molecule has 1 aromatic heterocycles. The maximum atomic E-state index is 5.43. The molecule has 20 heavy (non-hydrogen) atoms. The zero-order chi connectivity index (χ0) is 14.4. The Morgan fingerprint density at radius 2 is 2.15 bits per heavy atom. The van der Waals surface area contributed by atoms with Gasteiger partial charge in [-0.3, -0.25) is 0 Å². The van der Waals surface area contributed by atoms with Crippen LogP contribution >= 0.6 is 0 Å². The standard InChI is InChI=1S/C15H19N3O2/c1-4-9-19-13-7-5-12(6-8-13)15-17-14(18-20-15)10-11(2)16-3/h4-8,11,16H,1,9-10H2,2-3H3. The highest BCUT2D eigenvalue weighted by Gasteiger charge is 2.11. The third kappa shape index (κ3) is 3.68. The molecule has 5 heteroatoms. The summed E-state index contributed by atoms with van der Waals surface area (Å²) in [5.41, 5.74) is 0.881. The van der Waals surface area contributed by atoms with E-state index in [1.165, 1.54) is 0 Å². The Kier molecular flexibility index (Phi) is 4.90. The molecule has 5 nitrogen and oxygen atoms in total. The largest absolute Gasteiger partial charge is 0.490 e. The maximum absolute atomic E-state index is 5.43. The first-order valence-corrected chi connectivity index (χ1v) is 6.57. The van der Waals surface area contributed by atoms with E-state index in [1.807, 2.05) is 31.3 Å². The summed E-state index contributed by atoms with van der Waals surface area (Å²) in [7, 11) is 1.91. The lowest BCUT2D eigenvalue weighted by Gasteiger charge is -2.04. The van der Waals surface area contributed by atoms with Gasteiger partial charge in [0.1, 0.15) is 12.4 Å². The van der Waals surface area contributed by atoms with Gasteiger partial charge in [-0.15, -0.1) is 0 Å². The zero-order valence-electron chi connectivity index (χ0n) is 11.8. The van der Waals surface area contributed by atoms with Crippen LogP contribution in [0, 0.1) is 0 Å². The van der Waals surface area contributed by atoms with Crippen molar-refractivity contribution in [2.45, 2.75) is 19.4 Å². The fourth-order valence-electron chi connectivity index (χ4n) is 1.68. The number of hydrogen-bond donors (Lipinski definition) is 1. The highest BCUT2D eigenvalue weighted by molar-refractivity contribution is 5.54. The minimum absolute atomic E-state index is 0.315. The van der Waals surface area contributed by atoms with Gasteiger partial charge in [0.15, 0.2) is 5.82 Å². The second-order valence-electron chi connectivity index (χ2n) is 4.53. The van der Waals surface area contributed by atoms with Crippen LogP contribution in [0.25, 0.3) is 11.5 Å². The number of ether oxygens (including phenoxy) is 1. The number of aromatic nitrogens is 2. The van der Waals surface area contributed by atoms with Crippen LogP contribution in [0.5, 0.6) is 5.75 Å². The van der Waals surface area contributed by atoms with E-state index in [4.69, 9.17) is 9.26 Å². The smallest absolute Gasteiger partial charge is 0.257 e. The molecule has 2 aromatic rings. The number of likely N-dealkylation sites (N-methyl/N-ethyl adjacent to an activating group) is 1. The molecule has 0 fully saturated rings. The highest BCUT2D eigenvalue weighted by atomic mass is 16.5. The topological polar surface area (TPSA) is 60.2 Å². The van der Waals surface area contributed by atoms with E-state index in [2.05, 4.69) is 29.0 Å². The van der Waals surface area contributed by atoms with E-state index >= 15 is 0 Å². The lowest BCUT2D eigenvalue weighted by Crippen LogP contribution is -2.24. The first kappa shape index (κ1) is 14.3. The Morgan fingerprint density at radius 3 is 2.80 bits per heavy atom. The summed E-state index contributed by atoms with van der Waals surface area (Å²) < 4.78 is 10.7. The van der Waals surface area contributed by atoms with Gasteiger partial charge in [-0.05, 0) is 38.2 Å². The van der Waals surface area contributed by atoms with Crippen LogP contribution in [0.1, 0.15) is 12.7 Å². The summed E-state index contributed by atoms with van der Waals surface area (Å²) >= 11 is 0. The zero-order valence-corrected chi connectivity index (χ0v) is 11.8. The van der Waals surface area contributed by atoms with Crippen molar-refractivity contribution in [2.75, 3.05) is 13.7 Å². The summed E-state index contributed by atoms with van der Waals surface area (Å²) in [6.45, 7) is 6.17. The SMILES string of the molecule is C=CCOc1ccc(-c2nc(CC(C)NC)no2)cc1. The second-order valence-corrected chi connectivity index (χ2v) is 4.53. The van der Waals surface area contributed by atoms with Crippen molar-refractivity contribution < 1.29 is 9.26 Å². The van der Waals surface area contributed by atoms with Gasteiger partial charge in [0, 0.05) is 18.0 Å². The van der Waals surface area contributed by atoms with Crippen molar-refractivity contribution >= 4 is 0 Å². The van der Waals surface area contributed by atoms with Crippen molar-refractivity contribution in [1.82, 2.24) is 15.5 Å². The average Bonchev–Trinajstić information content (AvgIpc) is 2.94. The fourth-order valence-corrected chi connectivity index (χ4v) is 1.68. The van der Waals surface area contributed by atoms with Crippen LogP contribution in [0.3, 0.4) is 0 Å². The molecule has 0 aliphatic heterocycles. The van der Waals surface area contributed by atoms with Gasteiger partial charge < -0.3 is 14.6 Å². The van der Waals surface area contributed by atoms with E-state index < -0.39 is 0 Å². The molecule has 0 spiro atoms. The van der Waals surface area contributed by atoms with Gasteiger partial charge in [-0.25, -0.2) is 0 Å². The van der Waals surface area contributed by atoms with Gasteiger partial charge in [0.05, 0.1) is 0 Å². The number of nitrogens with zero attached hydrogens (tertiary/aromatic N) is 2. The molecule has 1 unspecified atom stereocenters. The first-order valence-electron chi connectivity index (χ1n) is 6.57. The Labute approximate surface area is 118 Å². The quantitative estimate of drug-likeness (QED) is 0.785. The van der Waals surface area contributed by atoms with E-state index in [0.29, 0.717) is 24.4 Å². The highest BCUT2D eigenvalue weighted by Crippen LogP contribution is 2.21. The molecular weight excluding hydrogens is 254 g/mol. The molecule has 106 valence electrons. The Balaban J connectivity index is 2.05. The van der Waals surface area contributed by atoms with Crippen LogP contribution in [0.15, 0.2) is 41.4 Å². The predicted octanol–water partition coefficient (Wildman–Crippen LogP) is 2.45. The maximum Gasteiger partial charge on any atom is 0.257 e. The van der Waals surface area contributed by atoms with E-state index in [9.17, 15) is 0 Å². The van der Waals surface area contributed by atoms with Crippen molar-refractivity contribution in [3.05, 3.63) is 42.7 Å². The molecule has 0 saturated heterocycles. The minimum atomic E-state index is 0.315. The molecular formula is C15H19N3O2. The number of hydrogen-bond acceptors (Lipinski definition) is 5.